The summed E-state index contributed by atoms with van der Waals surface area (Å²) < 4.78 is 80.1. The molecule has 142 valence electrons. The number of sulfonamides is 1. The lowest BCUT2D eigenvalue weighted by atomic mass is 9.98. The van der Waals surface area contributed by atoms with Crippen molar-refractivity contribution in [3.8, 4) is 22.4 Å². The molecular weight excluding hydrogens is 388 g/mol. The average Bonchev–Trinajstić information content (AvgIpc) is 2.94. The summed E-state index contributed by atoms with van der Waals surface area (Å²) in [6, 6.07) is 7.50. The number of alkyl halides is 3. The van der Waals surface area contributed by atoms with Gasteiger partial charge < -0.3 is 4.52 Å². The van der Waals surface area contributed by atoms with Crippen molar-refractivity contribution in [2.24, 2.45) is 5.14 Å². The lowest BCUT2D eigenvalue weighted by Crippen LogP contribution is -2.13. The molecule has 2 aromatic carbocycles. The number of aromatic nitrogens is 1. The van der Waals surface area contributed by atoms with Gasteiger partial charge in [0.25, 0.3) is 0 Å². The van der Waals surface area contributed by atoms with Crippen LogP contribution in [0.1, 0.15) is 11.3 Å². The van der Waals surface area contributed by atoms with Crippen LogP contribution in [-0.4, -0.2) is 13.6 Å². The summed E-state index contributed by atoms with van der Waals surface area (Å²) in [5.41, 5.74) is 0.273. The van der Waals surface area contributed by atoms with Crippen LogP contribution in [-0.2, 0) is 16.2 Å². The van der Waals surface area contributed by atoms with Crippen LogP contribution in [0.3, 0.4) is 0 Å². The van der Waals surface area contributed by atoms with Crippen LogP contribution in [0.5, 0.6) is 0 Å². The SMILES string of the molecule is Cc1onc(-c2ccc(C(F)(F)F)cc2)c1-c1ccc(S(N)(=O)=O)c(F)c1. The normalized spacial score (nSPS) is 12.4. The smallest absolute Gasteiger partial charge is 0.360 e. The lowest BCUT2D eigenvalue weighted by molar-refractivity contribution is -0.137. The van der Waals surface area contributed by atoms with Crippen LogP contribution in [0.15, 0.2) is 51.9 Å². The third-order valence-electron chi connectivity index (χ3n) is 3.88. The van der Waals surface area contributed by atoms with Gasteiger partial charge in [-0.25, -0.2) is 17.9 Å². The number of hydrogen-bond acceptors (Lipinski definition) is 4. The van der Waals surface area contributed by atoms with Gasteiger partial charge in [-0.3, -0.25) is 0 Å². The molecule has 3 aromatic rings. The van der Waals surface area contributed by atoms with E-state index in [1.165, 1.54) is 18.2 Å². The molecule has 2 N–H and O–H groups in total. The Bertz CT molecular complexity index is 1100. The molecule has 0 spiro atoms. The zero-order valence-corrected chi connectivity index (χ0v) is 14.5. The number of halogens is 4. The maximum absolute atomic E-state index is 14.2. The quantitative estimate of drug-likeness (QED) is 0.670. The number of hydrogen-bond donors (Lipinski definition) is 1. The van der Waals surface area contributed by atoms with E-state index in [4.69, 9.17) is 9.66 Å². The fraction of sp³-hybridized carbons (Fsp3) is 0.118. The molecule has 5 nitrogen and oxygen atoms in total. The summed E-state index contributed by atoms with van der Waals surface area (Å²) in [6.07, 6.45) is -4.48. The highest BCUT2D eigenvalue weighted by molar-refractivity contribution is 7.89. The van der Waals surface area contributed by atoms with Gasteiger partial charge in [0.15, 0.2) is 0 Å². The van der Waals surface area contributed by atoms with Crippen molar-refractivity contribution in [2.75, 3.05) is 0 Å². The third kappa shape index (κ3) is 3.71. The first-order valence-corrected chi connectivity index (χ1v) is 9.00. The monoisotopic (exact) mass is 400 g/mol. The van der Waals surface area contributed by atoms with E-state index in [9.17, 15) is 26.0 Å². The second-order valence-corrected chi connectivity index (χ2v) is 7.26. The zero-order valence-electron chi connectivity index (χ0n) is 13.7. The van der Waals surface area contributed by atoms with Crippen molar-refractivity contribution in [3.63, 3.8) is 0 Å². The van der Waals surface area contributed by atoms with E-state index in [1.807, 2.05) is 0 Å². The third-order valence-corrected chi connectivity index (χ3v) is 4.82. The van der Waals surface area contributed by atoms with Crippen molar-refractivity contribution in [2.45, 2.75) is 18.0 Å². The molecule has 1 aromatic heterocycles. The van der Waals surface area contributed by atoms with Gasteiger partial charge in [-0.05, 0) is 36.8 Å². The molecule has 0 atom stereocenters. The van der Waals surface area contributed by atoms with Crippen molar-refractivity contribution in [1.82, 2.24) is 5.16 Å². The van der Waals surface area contributed by atoms with Gasteiger partial charge in [-0.1, -0.05) is 23.4 Å². The molecule has 0 radical (unpaired) electrons. The van der Waals surface area contributed by atoms with Crippen molar-refractivity contribution < 1.29 is 30.5 Å². The minimum Gasteiger partial charge on any atom is -0.360 e. The van der Waals surface area contributed by atoms with Gasteiger partial charge >= 0.3 is 6.18 Å². The molecule has 0 fully saturated rings. The van der Waals surface area contributed by atoms with Gasteiger partial charge in [-0.2, -0.15) is 13.2 Å². The van der Waals surface area contributed by atoms with E-state index in [2.05, 4.69) is 5.16 Å². The molecule has 0 saturated carbocycles. The maximum atomic E-state index is 14.2. The van der Waals surface area contributed by atoms with Crippen LogP contribution in [0.4, 0.5) is 17.6 Å². The minimum absolute atomic E-state index is 0.198. The second kappa shape index (κ2) is 6.46. The largest absolute Gasteiger partial charge is 0.416 e. The minimum atomic E-state index is -4.48. The molecule has 0 bridgehead atoms. The Labute approximate surface area is 151 Å². The number of primary sulfonamides is 1. The van der Waals surface area contributed by atoms with Crippen molar-refractivity contribution in [1.29, 1.82) is 0 Å². The summed E-state index contributed by atoms with van der Waals surface area (Å²) in [5, 5.41) is 8.77. The number of benzene rings is 2. The van der Waals surface area contributed by atoms with Crippen LogP contribution in [0.25, 0.3) is 22.4 Å². The van der Waals surface area contributed by atoms with Gasteiger partial charge in [0.1, 0.15) is 22.2 Å². The first-order chi connectivity index (χ1) is 12.5. The molecule has 27 heavy (non-hydrogen) atoms. The Morgan fingerprint density at radius 2 is 1.63 bits per heavy atom. The lowest BCUT2D eigenvalue weighted by Gasteiger charge is -2.08. The fourth-order valence-corrected chi connectivity index (χ4v) is 3.20. The molecule has 0 saturated heterocycles. The highest BCUT2D eigenvalue weighted by Crippen LogP contribution is 2.37. The number of aryl methyl sites for hydroxylation is 1. The molecule has 0 aliphatic carbocycles. The van der Waals surface area contributed by atoms with Crippen molar-refractivity contribution in [3.05, 3.63) is 59.6 Å². The van der Waals surface area contributed by atoms with E-state index in [0.717, 1.165) is 24.3 Å². The summed E-state index contributed by atoms with van der Waals surface area (Å²) >= 11 is 0. The molecule has 0 amide bonds. The molecule has 1 heterocycles. The van der Waals surface area contributed by atoms with Gasteiger partial charge in [0.05, 0.1) is 11.1 Å². The Morgan fingerprint density at radius 1 is 1.04 bits per heavy atom. The Kier molecular flexibility index (Phi) is 4.56. The van der Waals surface area contributed by atoms with E-state index in [1.54, 1.807) is 6.92 Å². The summed E-state index contributed by atoms with van der Waals surface area (Å²) in [4.78, 5) is -0.670. The molecule has 0 aliphatic rings. The fourth-order valence-electron chi connectivity index (χ4n) is 2.61. The van der Waals surface area contributed by atoms with Crippen LogP contribution < -0.4 is 5.14 Å². The molecule has 10 heteroatoms. The second-order valence-electron chi connectivity index (χ2n) is 5.73. The molecule has 3 rings (SSSR count). The molecule has 0 aliphatic heterocycles. The summed E-state index contributed by atoms with van der Waals surface area (Å²) in [7, 11) is -4.23. The van der Waals surface area contributed by atoms with E-state index >= 15 is 0 Å². The van der Waals surface area contributed by atoms with Gasteiger partial charge in [0.2, 0.25) is 10.0 Å². The first kappa shape index (κ1) is 19.1. The summed E-state index contributed by atoms with van der Waals surface area (Å²) in [5.74, 6) is -0.776. The van der Waals surface area contributed by atoms with Crippen LogP contribution in [0, 0.1) is 12.7 Å². The molecular formula is C17H12F4N2O3S. The highest BCUT2D eigenvalue weighted by Gasteiger charge is 2.30. The van der Waals surface area contributed by atoms with Crippen LogP contribution >= 0.6 is 0 Å². The standard InChI is InChI=1S/C17H12F4N2O3S/c1-9-15(11-4-7-14(13(18)8-11)27(22,24)25)16(23-26-9)10-2-5-12(6-3-10)17(19,20)21/h2-8H,1H3,(H2,22,24,25). The topological polar surface area (TPSA) is 86.2 Å². The average molecular weight is 400 g/mol. The number of nitrogens with two attached hydrogens (primary N) is 1. The van der Waals surface area contributed by atoms with Gasteiger partial charge in [-0.15, -0.1) is 0 Å². The Hall–Kier alpha value is -2.72. The summed E-state index contributed by atoms with van der Waals surface area (Å²) in [6.45, 7) is 1.54. The Morgan fingerprint density at radius 3 is 2.15 bits per heavy atom. The van der Waals surface area contributed by atoms with Crippen LogP contribution in [0.2, 0.25) is 0 Å². The predicted octanol–water partition coefficient (Wildman–Crippen LogP) is 4.12. The Balaban J connectivity index is 2.10. The van der Waals surface area contributed by atoms with Gasteiger partial charge in [0, 0.05) is 5.56 Å². The van der Waals surface area contributed by atoms with E-state index in [-0.39, 0.29) is 17.0 Å². The van der Waals surface area contributed by atoms with E-state index in [0.29, 0.717) is 11.1 Å². The highest BCUT2D eigenvalue weighted by atomic mass is 32.2. The van der Waals surface area contributed by atoms with Crippen molar-refractivity contribution >= 4 is 10.0 Å². The predicted molar refractivity (Wildman–Crippen MR) is 88.4 cm³/mol. The first-order valence-electron chi connectivity index (χ1n) is 7.45. The number of nitrogens with zero attached hydrogens (tertiary/aromatic N) is 1. The molecule has 0 unspecified atom stereocenters. The number of rotatable bonds is 3. The van der Waals surface area contributed by atoms with E-state index < -0.39 is 32.5 Å². The zero-order chi connectivity index (χ0) is 20.0. The maximum Gasteiger partial charge on any atom is 0.416 e.